The summed E-state index contributed by atoms with van der Waals surface area (Å²) in [6.45, 7) is 5.18. The van der Waals surface area contributed by atoms with Crippen LogP contribution in [0, 0.1) is 0 Å². The average Bonchev–Trinajstić information content (AvgIpc) is 2.71. The molecule has 1 saturated heterocycles. The second-order valence-corrected chi connectivity index (χ2v) is 7.55. The standard InChI is InChI=1S/C22H26N4O2/c1-23-10-12-24(13-11-23)16-22(28)26-15-19-7-3-2-6-18(19)14-25(17-27)20-8-4-5-9-21(20)26/h2-9,17H,10-16H2,1H3. The van der Waals surface area contributed by atoms with E-state index in [1.165, 1.54) is 0 Å². The fourth-order valence-corrected chi connectivity index (χ4v) is 3.92. The molecule has 0 unspecified atom stereocenters. The Kier molecular flexibility index (Phi) is 5.41. The molecule has 6 heteroatoms. The summed E-state index contributed by atoms with van der Waals surface area (Å²) in [4.78, 5) is 33.2. The Morgan fingerprint density at radius 2 is 1.50 bits per heavy atom. The number of para-hydroxylation sites is 2. The number of hydrogen-bond acceptors (Lipinski definition) is 4. The summed E-state index contributed by atoms with van der Waals surface area (Å²) in [7, 11) is 2.11. The molecule has 4 rings (SSSR count). The highest BCUT2D eigenvalue weighted by molar-refractivity contribution is 6.00. The number of piperazine rings is 1. The Hall–Kier alpha value is -2.70. The minimum absolute atomic E-state index is 0.0690. The van der Waals surface area contributed by atoms with Crippen molar-refractivity contribution in [1.29, 1.82) is 0 Å². The highest BCUT2D eigenvalue weighted by atomic mass is 16.2. The molecular weight excluding hydrogens is 352 g/mol. The van der Waals surface area contributed by atoms with Gasteiger partial charge in [0.1, 0.15) is 0 Å². The molecule has 2 amide bonds. The van der Waals surface area contributed by atoms with Crippen LogP contribution in [0.2, 0.25) is 0 Å². The normalized spacial score (nSPS) is 18.0. The van der Waals surface area contributed by atoms with Crippen molar-refractivity contribution in [2.45, 2.75) is 13.1 Å². The van der Waals surface area contributed by atoms with E-state index in [1.54, 1.807) is 4.90 Å². The molecular formula is C22H26N4O2. The first-order chi connectivity index (χ1) is 13.7. The van der Waals surface area contributed by atoms with Crippen LogP contribution in [0.3, 0.4) is 0 Å². The fourth-order valence-electron chi connectivity index (χ4n) is 3.92. The van der Waals surface area contributed by atoms with Crippen molar-refractivity contribution in [2.24, 2.45) is 0 Å². The number of fused-ring (bicyclic) bond motifs is 2. The summed E-state index contributed by atoms with van der Waals surface area (Å²) in [5.41, 5.74) is 3.72. The molecule has 2 aromatic rings. The maximum atomic E-state index is 13.3. The Balaban J connectivity index is 1.67. The van der Waals surface area contributed by atoms with E-state index < -0.39 is 0 Å². The maximum Gasteiger partial charge on any atom is 0.241 e. The van der Waals surface area contributed by atoms with E-state index >= 15 is 0 Å². The third-order valence-corrected chi connectivity index (χ3v) is 5.65. The van der Waals surface area contributed by atoms with Crippen LogP contribution in [0.15, 0.2) is 48.5 Å². The largest absolute Gasteiger partial charge is 0.309 e. The minimum Gasteiger partial charge on any atom is -0.309 e. The number of rotatable bonds is 3. The van der Waals surface area contributed by atoms with Crippen LogP contribution in [0.25, 0.3) is 0 Å². The Labute approximate surface area is 165 Å². The van der Waals surface area contributed by atoms with Crippen molar-refractivity contribution >= 4 is 23.7 Å². The highest BCUT2D eigenvalue weighted by Crippen LogP contribution is 2.34. The van der Waals surface area contributed by atoms with E-state index in [-0.39, 0.29) is 5.91 Å². The third kappa shape index (κ3) is 3.79. The second kappa shape index (κ2) is 8.12. The SMILES string of the molecule is CN1CCN(CC(=O)N2Cc3ccccc3CN(C=O)c3ccccc32)CC1. The molecule has 2 aliphatic heterocycles. The number of likely N-dealkylation sites (N-methyl/N-ethyl adjacent to an activating group) is 1. The lowest BCUT2D eigenvalue weighted by Crippen LogP contribution is -2.49. The van der Waals surface area contributed by atoms with Crippen LogP contribution in [0.4, 0.5) is 11.4 Å². The first-order valence-corrected chi connectivity index (χ1v) is 9.75. The van der Waals surface area contributed by atoms with E-state index in [4.69, 9.17) is 0 Å². The molecule has 0 bridgehead atoms. The molecule has 6 nitrogen and oxygen atoms in total. The first kappa shape index (κ1) is 18.7. The molecule has 0 aromatic heterocycles. The molecule has 0 atom stereocenters. The molecule has 0 N–H and O–H groups in total. The fraction of sp³-hybridized carbons (Fsp3) is 0.364. The van der Waals surface area contributed by atoms with Gasteiger partial charge in [-0.05, 0) is 30.3 Å². The monoisotopic (exact) mass is 378 g/mol. The maximum absolute atomic E-state index is 13.3. The van der Waals surface area contributed by atoms with E-state index in [2.05, 4.69) is 16.8 Å². The van der Waals surface area contributed by atoms with E-state index in [1.807, 2.05) is 53.4 Å². The summed E-state index contributed by atoms with van der Waals surface area (Å²) >= 11 is 0. The van der Waals surface area contributed by atoms with Crippen LogP contribution in [-0.2, 0) is 22.7 Å². The Morgan fingerprint density at radius 3 is 2.18 bits per heavy atom. The van der Waals surface area contributed by atoms with Crippen LogP contribution in [0.5, 0.6) is 0 Å². The molecule has 2 aromatic carbocycles. The summed E-state index contributed by atoms with van der Waals surface area (Å²) in [6, 6.07) is 15.7. The van der Waals surface area contributed by atoms with Gasteiger partial charge in [-0.1, -0.05) is 36.4 Å². The van der Waals surface area contributed by atoms with Crippen molar-refractivity contribution in [3.05, 3.63) is 59.7 Å². The van der Waals surface area contributed by atoms with Gasteiger partial charge < -0.3 is 14.7 Å². The van der Waals surface area contributed by atoms with Crippen molar-refractivity contribution in [3.8, 4) is 0 Å². The van der Waals surface area contributed by atoms with Gasteiger partial charge in [0.15, 0.2) is 0 Å². The van der Waals surface area contributed by atoms with Gasteiger partial charge in [0.25, 0.3) is 0 Å². The summed E-state index contributed by atoms with van der Waals surface area (Å²) in [5.74, 6) is 0.0690. The third-order valence-electron chi connectivity index (χ3n) is 5.65. The number of carbonyl (C=O) groups excluding carboxylic acids is 2. The number of amides is 2. The predicted molar refractivity (Wildman–Crippen MR) is 110 cm³/mol. The lowest BCUT2D eigenvalue weighted by atomic mass is 10.0. The molecule has 1 fully saturated rings. The Morgan fingerprint density at radius 1 is 0.893 bits per heavy atom. The molecule has 0 spiro atoms. The molecule has 0 aliphatic carbocycles. The van der Waals surface area contributed by atoms with Crippen LogP contribution >= 0.6 is 0 Å². The van der Waals surface area contributed by atoms with Gasteiger partial charge in [0, 0.05) is 26.2 Å². The highest BCUT2D eigenvalue weighted by Gasteiger charge is 2.27. The number of hydrogen-bond donors (Lipinski definition) is 0. The van der Waals surface area contributed by atoms with Crippen molar-refractivity contribution < 1.29 is 9.59 Å². The van der Waals surface area contributed by atoms with Crippen molar-refractivity contribution in [1.82, 2.24) is 9.80 Å². The van der Waals surface area contributed by atoms with Gasteiger partial charge in [-0.2, -0.15) is 0 Å². The Bertz CT molecular complexity index is 861. The van der Waals surface area contributed by atoms with Crippen LogP contribution < -0.4 is 9.80 Å². The predicted octanol–water partition coefficient (Wildman–Crippen LogP) is 1.94. The minimum atomic E-state index is 0.0690. The molecule has 0 radical (unpaired) electrons. The van der Waals surface area contributed by atoms with E-state index in [0.717, 1.165) is 55.1 Å². The zero-order chi connectivity index (χ0) is 19.5. The zero-order valence-electron chi connectivity index (χ0n) is 16.3. The zero-order valence-corrected chi connectivity index (χ0v) is 16.3. The van der Waals surface area contributed by atoms with E-state index in [0.29, 0.717) is 19.6 Å². The van der Waals surface area contributed by atoms with Gasteiger partial charge >= 0.3 is 0 Å². The topological polar surface area (TPSA) is 47.1 Å². The average molecular weight is 378 g/mol. The smallest absolute Gasteiger partial charge is 0.241 e. The first-order valence-electron chi connectivity index (χ1n) is 9.75. The van der Waals surface area contributed by atoms with Gasteiger partial charge in [0.2, 0.25) is 12.3 Å². The lowest BCUT2D eigenvalue weighted by Gasteiger charge is -2.35. The number of anilines is 2. The second-order valence-electron chi connectivity index (χ2n) is 7.55. The number of carbonyl (C=O) groups is 2. The van der Waals surface area contributed by atoms with Gasteiger partial charge in [-0.15, -0.1) is 0 Å². The molecule has 146 valence electrons. The number of benzene rings is 2. The summed E-state index contributed by atoms with van der Waals surface area (Å²) in [6.07, 6.45) is 0.851. The summed E-state index contributed by atoms with van der Waals surface area (Å²) in [5, 5.41) is 0. The molecule has 28 heavy (non-hydrogen) atoms. The molecule has 2 heterocycles. The van der Waals surface area contributed by atoms with Crippen molar-refractivity contribution in [2.75, 3.05) is 49.6 Å². The summed E-state index contributed by atoms with van der Waals surface area (Å²) < 4.78 is 0. The van der Waals surface area contributed by atoms with Crippen LogP contribution in [0.1, 0.15) is 11.1 Å². The van der Waals surface area contributed by atoms with Gasteiger partial charge in [-0.25, -0.2) is 0 Å². The van der Waals surface area contributed by atoms with E-state index in [9.17, 15) is 9.59 Å². The van der Waals surface area contributed by atoms with Crippen LogP contribution in [-0.4, -0.2) is 61.9 Å². The van der Waals surface area contributed by atoms with Gasteiger partial charge in [-0.3, -0.25) is 14.5 Å². The lowest BCUT2D eigenvalue weighted by molar-refractivity contribution is -0.120. The number of nitrogens with zero attached hydrogens (tertiary/aromatic N) is 4. The molecule has 2 aliphatic rings. The quantitative estimate of drug-likeness (QED) is 0.766. The van der Waals surface area contributed by atoms with Gasteiger partial charge in [0.05, 0.1) is 31.0 Å². The van der Waals surface area contributed by atoms with Crippen molar-refractivity contribution in [3.63, 3.8) is 0 Å². The molecule has 0 saturated carbocycles.